The average molecular weight is 363 g/mol. The molecule has 1 atom stereocenters. The number of carbonyl (C=O) groups excluding carboxylic acids is 3. The zero-order valence-electron chi connectivity index (χ0n) is 13.3. The van der Waals surface area contributed by atoms with E-state index in [2.05, 4.69) is 0 Å². The van der Waals surface area contributed by atoms with Crippen molar-refractivity contribution in [2.24, 2.45) is 5.73 Å². The minimum absolute atomic E-state index is 0. The summed E-state index contributed by atoms with van der Waals surface area (Å²) in [5.74, 6) is -2.08. The molecule has 0 saturated heterocycles. The second-order valence-corrected chi connectivity index (χ2v) is 5.87. The van der Waals surface area contributed by atoms with Gasteiger partial charge >= 0.3 is 43.8 Å². The first-order valence-electron chi connectivity index (χ1n) is 6.01. The Morgan fingerprint density at radius 2 is 2.05 bits per heavy atom. The molecule has 3 rings (SSSR count). The first kappa shape index (κ1) is 17.4. The van der Waals surface area contributed by atoms with Crippen LogP contribution in [0.4, 0.5) is 10.5 Å². The van der Waals surface area contributed by atoms with Crippen molar-refractivity contribution in [2.75, 3.05) is 4.90 Å². The molecule has 1 unspecified atom stereocenters. The zero-order valence-corrected chi connectivity index (χ0v) is 15.1. The fourth-order valence-corrected chi connectivity index (χ4v) is 3.26. The van der Waals surface area contributed by atoms with Crippen molar-refractivity contribution in [1.82, 2.24) is 0 Å². The number of carbonyl (C=O) groups is 3. The fraction of sp³-hybridized carbons (Fsp3) is 0.0714. The Morgan fingerprint density at radius 3 is 2.64 bits per heavy atom. The summed E-state index contributed by atoms with van der Waals surface area (Å²) in [6, 6.07) is 7.03. The molecule has 8 heteroatoms. The minimum atomic E-state index is -1.08. The summed E-state index contributed by atoms with van der Waals surface area (Å²) < 4.78 is 0. The maximum absolute atomic E-state index is 12.5. The van der Waals surface area contributed by atoms with Gasteiger partial charge in [0.25, 0.3) is 5.91 Å². The number of benzene rings is 1. The molecule has 110 valence electrons. The second-order valence-electron chi connectivity index (χ2n) is 4.49. The van der Waals surface area contributed by atoms with E-state index in [4.69, 9.17) is 17.3 Å². The smallest absolute Gasteiger partial charge is 1.00 e. The van der Waals surface area contributed by atoms with Crippen molar-refractivity contribution in [3.05, 3.63) is 51.2 Å². The number of primary amides is 1. The third kappa shape index (κ3) is 2.81. The molecule has 5 nitrogen and oxygen atoms in total. The first-order valence-corrected chi connectivity index (χ1v) is 7.27. The standard InChI is InChI=1S/C14H9ClN2O3S.Ca.2H/c15-7-3-4-9-8(6-7)11(13(19)17(9)14(16)20)12(18)10-2-1-5-21-10;;;/h1-6,11H,(H2,16,20);;;/q;+2;2*-1. The molecule has 2 aromatic rings. The van der Waals surface area contributed by atoms with Crippen molar-refractivity contribution >= 4 is 84.1 Å². The van der Waals surface area contributed by atoms with Crippen LogP contribution in [0.25, 0.3) is 0 Å². The summed E-state index contributed by atoms with van der Waals surface area (Å²) >= 11 is 7.18. The molecule has 2 N–H and O–H groups in total. The average Bonchev–Trinajstić information content (AvgIpc) is 3.03. The maximum atomic E-state index is 12.5. The molecule has 0 bridgehead atoms. The summed E-state index contributed by atoms with van der Waals surface area (Å²) in [5, 5.41) is 2.13. The SMILES string of the molecule is NC(=O)N1C(=O)C(C(=O)c2cccs2)c2cc(Cl)ccc21.[Ca+2].[H-].[H-]. The number of rotatable bonds is 2. The number of imide groups is 1. The number of anilines is 1. The predicted molar refractivity (Wildman–Crippen MR) is 87.9 cm³/mol. The molecule has 1 aromatic carbocycles. The van der Waals surface area contributed by atoms with Gasteiger partial charge in [-0.2, -0.15) is 0 Å². The molecular formula is C14H11CaClN2O3S. The number of urea groups is 1. The molecular weight excluding hydrogens is 352 g/mol. The number of thiophene rings is 1. The van der Waals surface area contributed by atoms with Gasteiger partial charge in [0.2, 0.25) is 0 Å². The number of nitrogens with two attached hydrogens (primary N) is 1. The molecule has 0 radical (unpaired) electrons. The van der Waals surface area contributed by atoms with Crippen molar-refractivity contribution < 1.29 is 17.2 Å². The molecule has 2 heterocycles. The van der Waals surface area contributed by atoms with Gasteiger partial charge in [-0.25, -0.2) is 9.69 Å². The van der Waals surface area contributed by atoms with E-state index in [0.29, 0.717) is 21.2 Å². The Morgan fingerprint density at radius 1 is 1.32 bits per heavy atom. The van der Waals surface area contributed by atoms with Gasteiger partial charge in [0.1, 0.15) is 5.92 Å². The number of hydrogen-bond acceptors (Lipinski definition) is 4. The van der Waals surface area contributed by atoms with Gasteiger partial charge in [0.15, 0.2) is 5.78 Å². The van der Waals surface area contributed by atoms with Crippen LogP contribution < -0.4 is 10.6 Å². The topological polar surface area (TPSA) is 80.5 Å². The van der Waals surface area contributed by atoms with E-state index in [0.717, 1.165) is 4.90 Å². The van der Waals surface area contributed by atoms with Crippen molar-refractivity contribution in [3.63, 3.8) is 0 Å². The summed E-state index contributed by atoms with van der Waals surface area (Å²) in [5.41, 5.74) is 5.97. The van der Waals surface area contributed by atoms with Gasteiger partial charge in [-0.1, -0.05) is 17.7 Å². The van der Waals surface area contributed by atoms with Crippen LogP contribution in [0.5, 0.6) is 0 Å². The van der Waals surface area contributed by atoms with Crippen LogP contribution in [-0.2, 0) is 4.79 Å². The molecule has 1 aliphatic heterocycles. The van der Waals surface area contributed by atoms with E-state index < -0.39 is 17.9 Å². The fourth-order valence-electron chi connectivity index (χ4n) is 2.38. The third-order valence-corrected chi connectivity index (χ3v) is 4.37. The van der Waals surface area contributed by atoms with Gasteiger partial charge in [-0.3, -0.25) is 9.59 Å². The summed E-state index contributed by atoms with van der Waals surface area (Å²) in [4.78, 5) is 37.7. The monoisotopic (exact) mass is 362 g/mol. The van der Waals surface area contributed by atoms with Crippen molar-refractivity contribution in [2.45, 2.75) is 5.92 Å². The Kier molecular flexibility index (Phi) is 5.29. The van der Waals surface area contributed by atoms with Crippen molar-refractivity contribution in [1.29, 1.82) is 0 Å². The van der Waals surface area contributed by atoms with Crippen molar-refractivity contribution in [3.8, 4) is 0 Å². The third-order valence-electron chi connectivity index (χ3n) is 3.26. The number of nitrogens with zero attached hydrogens (tertiary/aromatic N) is 1. The number of hydrogen-bond donors (Lipinski definition) is 1. The van der Waals surface area contributed by atoms with Gasteiger partial charge in [0.05, 0.1) is 10.6 Å². The van der Waals surface area contributed by atoms with E-state index >= 15 is 0 Å². The number of halogens is 1. The van der Waals surface area contributed by atoms with Crippen LogP contribution in [0.15, 0.2) is 35.7 Å². The summed E-state index contributed by atoms with van der Waals surface area (Å²) in [7, 11) is 0. The van der Waals surface area contributed by atoms with Crippen LogP contribution in [0.1, 0.15) is 24.0 Å². The normalized spacial score (nSPS) is 16.1. The van der Waals surface area contributed by atoms with Crippen LogP contribution in [-0.4, -0.2) is 55.5 Å². The Bertz CT molecular complexity index is 773. The summed E-state index contributed by atoms with van der Waals surface area (Å²) in [6.45, 7) is 0. The Balaban J connectivity index is 0.00000176. The molecule has 1 aliphatic rings. The van der Waals surface area contributed by atoms with Crippen LogP contribution in [0, 0.1) is 0 Å². The van der Waals surface area contributed by atoms with E-state index in [1.165, 1.54) is 23.5 Å². The van der Waals surface area contributed by atoms with Crippen LogP contribution >= 0.6 is 22.9 Å². The molecule has 22 heavy (non-hydrogen) atoms. The summed E-state index contributed by atoms with van der Waals surface area (Å²) in [6.07, 6.45) is 0. The van der Waals surface area contributed by atoms with E-state index in [-0.39, 0.29) is 46.4 Å². The molecule has 1 aromatic heterocycles. The molecule has 0 saturated carbocycles. The number of amides is 3. The largest absolute Gasteiger partial charge is 2.00 e. The van der Waals surface area contributed by atoms with Gasteiger partial charge in [0, 0.05) is 5.02 Å². The molecule has 0 fully saturated rings. The predicted octanol–water partition coefficient (Wildman–Crippen LogP) is 2.64. The molecule has 3 amide bonds. The Hall–Kier alpha value is -0.920. The van der Waals surface area contributed by atoms with Crippen LogP contribution in [0.3, 0.4) is 0 Å². The number of fused-ring (bicyclic) bond motifs is 1. The Labute approximate surface area is 168 Å². The van der Waals surface area contributed by atoms with E-state index in [1.807, 2.05) is 0 Å². The zero-order chi connectivity index (χ0) is 15.1. The first-order chi connectivity index (χ1) is 10.0. The molecule has 0 spiro atoms. The van der Waals surface area contributed by atoms with E-state index in [9.17, 15) is 14.4 Å². The van der Waals surface area contributed by atoms with E-state index in [1.54, 1.807) is 23.6 Å². The second kappa shape index (κ2) is 6.68. The molecule has 0 aliphatic carbocycles. The number of Topliss-reactive ketones (excluding diaryl/α,β-unsaturated/α-hetero) is 1. The number of ketones is 1. The maximum Gasteiger partial charge on any atom is 2.00 e. The van der Waals surface area contributed by atoms with Crippen LogP contribution in [0.2, 0.25) is 5.02 Å². The minimum Gasteiger partial charge on any atom is -1.00 e. The van der Waals surface area contributed by atoms with Gasteiger partial charge < -0.3 is 8.59 Å². The quantitative estimate of drug-likeness (QED) is 0.506. The van der Waals surface area contributed by atoms with Gasteiger partial charge in [-0.05, 0) is 35.2 Å². The van der Waals surface area contributed by atoms with Gasteiger partial charge in [-0.15, -0.1) is 11.3 Å².